The van der Waals surface area contributed by atoms with Crippen molar-refractivity contribution in [3.8, 4) is 23.0 Å². The zero-order valence-electron chi connectivity index (χ0n) is 15.3. The third-order valence-corrected chi connectivity index (χ3v) is 4.74. The van der Waals surface area contributed by atoms with Gasteiger partial charge in [0.15, 0.2) is 11.5 Å². The van der Waals surface area contributed by atoms with Crippen LogP contribution in [0, 0.1) is 0 Å². The van der Waals surface area contributed by atoms with E-state index in [0.29, 0.717) is 11.5 Å². The number of benzene rings is 3. The van der Waals surface area contributed by atoms with Crippen LogP contribution in [0.1, 0.15) is 15.9 Å². The van der Waals surface area contributed by atoms with Crippen molar-refractivity contribution in [1.82, 2.24) is 0 Å². The first-order valence-electron chi connectivity index (χ1n) is 9.01. The Balaban J connectivity index is 1.38. The number of hydrogen-bond acceptors (Lipinski definition) is 5. The van der Waals surface area contributed by atoms with Gasteiger partial charge in [-0.3, -0.25) is 9.59 Å². The molecule has 2 aliphatic heterocycles. The quantitative estimate of drug-likeness (QED) is 0.593. The molecule has 0 spiro atoms. The summed E-state index contributed by atoms with van der Waals surface area (Å²) in [5, 5.41) is 0. The molecular formula is C22H13F2NO5. The van der Waals surface area contributed by atoms with Crippen LogP contribution in [0.4, 0.5) is 14.5 Å². The van der Waals surface area contributed by atoms with E-state index >= 15 is 0 Å². The molecule has 150 valence electrons. The van der Waals surface area contributed by atoms with Gasteiger partial charge < -0.3 is 19.1 Å². The van der Waals surface area contributed by atoms with Gasteiger partial charge in [-0.25, -0.2) is 0 Å². The van der Waals surface area contributed by atoms with Crippen LogP contribution in [0.25, 0.3) is 0 Å². The number of para-hydroxylation sites is 1. The van der Waals surface area contributed by atoms with Gasteiger partial charge in [-0.1, -0.05) is 30.3 Å². The van der Waals surface area contributed by atoms with Gasteiger partial charge in [0.1, 0.15) is 11.5 Å². The molecule has 0 saturated carbocycles. The van der Waals surface area contributed by atoms with Crippen molar-refractivity contribution in [1.29, 1.82) is 0 Å². The summed E-state index contributed by atoms with van der Waals surface area (Å²) in [6.07, 6.45) is -3.80. The van der Waals surface area contributed by atoms with Gasteiger partial charge in [-0.15, -0.1) is 8.78 Å². The maximum Gasteiger partial charge on any atom is 0.586 e. The fourth-order valence-electron chi connectivity index (χ4n) is 3.37. The Bertz CT molecular complexity index is 1160. The van der Waals surface area contributed by atoms with Crippen molar-refractivity contribution in [2.75, 3.05) is 4.90 Å². The summed E-state index contributed by atoms with van der Waals surface area (Å²) in [4.78, 5) is 26.0. The minimum absolute atomic E-state index is 0.00378. The average Bonchev–Trinajstić information content (AvgIpc) is 3.15. The van der Waals surface area contributed by atoms with Crippen LogP contribution in [-0.2, 0) is 11.3 Å². The minimum Gasteiger partial charge on any atom is -0.457 e. The van der Waals surface area contributed by atoms with E-state index in [-0.39, 0.29) is 29.3 Å². The van der Waals surface area contributed by atoms with Crippen molar-refractivity contribution < 1.29 is 32.6 Å². The molecule has 0 aromatic heterocycles. The normalized spacial score (nSPS) is 16.0. The van der Waals surface area contributed by atoms with E-state index in [0.717, 1.165) is 11.6 Å². The third-order valence-electron chi connectivity index (χ3n) is 4.74. The molecule has 8 heteroatoms. The number of fused-ring (bicyclic) bond motifs is 2. The molecule has 0 fully saturated rings. The van der Waals surface area contributed by atoms with E-state index in [9.17, 15) is 18.4 Å². The van der Waals surface area contributed by atoms with Gasteiger partial charge in [0.05, 0.1) is 17.8 Å². The van der Waals surface area contributed by atoms with Crippen molar-refractivity contribution in [3.63, 3.8) is 0 Å². The fourth-order valence-corrected chi connectivity index (χ4v) is 3.37. The van der Waals surface area contributed by atoms with Gasteiger partial charge in [0.25, 0.3) is 11.7 Å². The Hall–Kier alpha value is -3.94. The number of nitrogens with zero attached hydrogens (tertiary/aromatic N) is 1. The minimum atomic E-state index is -3.80. The summed E-state index contributed by atoms with van der Waals surface area (Å²) in [5.41, 5.74) is 0.936. The van der Waals surface area contributed by atoms with E-state index in [1.165, 1.54) is 11.0 Å². The molecule has 6 nitrogen and oxygen atoms in total. The van der Waals surface area contributed by atoms with Crippen LogP contribution < -0.4 is 19.1 Å². The SMILES string of the molecule is O=C1C(=O)N(Cc2ccc(Oc3ccccc3)cc2)c2cc3c(cc21)OC(F)(F)O3. The number of alkyl halides is 2. The molecule has 0 radical (unpaired) electrons. The predicted octanol–water partition coefficient (Wildman–Crippen LogP) is 4.53. The van der Waals surface area contributed by atoms with Crippen LogP contribution >= 0.6 is 0 Å². The van der Waals surface area contributed by atoms with Crippen LogP contribution in [0.15, 0.2) is 66.7 Å². The van der Waals surface area contributed by atoms with Crippen molar-refractivity contribution in [2.45, 2.75) is 12.8 Å². The van der Waals surface area contributed by atoms with Crippen LogP contribution in [0.2, 0.25) is 0 Å². The van der Waals surface area contributed by atoms with E-state index in [2.05, 4.69) is 9.47 Å². The van der Waals surface area contributed by atoms with Gasteiger partial charge in [0.2, 0.25) is 0 Å². The molecule has 0 atom stereocenters. The number of hydrogen-bond donors (Lipinski definition) is 0. The number of carbonyl (C=O) groups is 2. The Kier molecular flexibility index (Phi) is 3.95. The number of carbonyl (C=O) groups excluding carboxylic acids is 2. The Morgan fingerprint density at radius 3 is 2.20 bits per heavy atom. The molecular weight excluding hydrogens is 396 g/mol. The maximum atomic E-state index is 13.3. The van der Waals surface area contributed by atoms with Gasteiger partial charge in [-0.2, -0.15) is 0 Å². The number of amides is 1. The molecule has 2 heterocycles. The van der Waals surface area contributed by atoms with E-state index < -0.39 is 18.0 Å². The zero-order chi connectivity index (χ0) is 20.9. The molecule has 0 N–H and O–H groups in total. The summed E-state index contributed by atoms with van der Waals surface area (Å²) >= 11 is 0. The molecule has 0 aliphatic carbocycles. The largest absolute Gasteiger partial charge is 0.586 e. The van der Waals surface area contributed by atoms with E-state index in [1.54, 1.807) is 24.3 Å². The standard InChI is InChI=1S/C22H13F2NO5/c23-22(24)29-18-10-16-17(11-19(18)30-22)25(21(27)20(16)26)12-13-6-8-15(9-7-13)28-14-4-2-1-3-5-14/h1-11H,12H2. The molecule has 1 amide bonds. The highest BCUT2D eigenvalue weighted by molar-refractivity contribution is 6.52. The van der Waals surface area contributed by atoms with Crippen LogP contribution in [0.3, 0.4) is 0 Å². The lowest BCUT2D eigenvalue weighted by atomic mass is 10.1. The molecule has 0 saturated heterocycles. The second-order valence-electron chi connectivity index (χ2n) is 6.76. The van der Waals surface area contributed by atoms with Crippen LogP contribution in [0.5, 0.6) is 23.0 Å². The van der Waals surface area contributed by atoms with Gasteiger partial charge in [-0.05, 0) is 35.9 Å². The Labute approximate surface area is 169 Å². The smallest absolute Gasteiger partial charge is 0.457 e. The summed E-state index contributed by atoms with van der Waals surface area (Å²) in [6, 6.07) is 18.6. The lowest BCUT2D eigenvalue weighted by Crippen LogP contribution is -2.29. The number of rotatable bonds is 4. The Morgan fingerprint density at radius 2 is 1.50 bits per heavy atom. The molecule has 2 aliphatic rings. The summed E-state index contributed by atoms with van der Waals surface area (Å²) in [5.74, 6) is -0.727. The zero-order valence-corrected chi connectivity index (χ0v) is 15.3. The predicted molar refractivity (Wildman–Crippen MR) is 101 cm³/mol. The maximum absolute atomic E-state index is 13.3. The fraction of sp³-hybridized carbons (Fsp3) is 0.0909. The molecule has 0 bridgehead atoms. The lowest BCUT2D eigenvalue weighted by molar-refractivity contribution is -0.286. The van der Waals surface area contributed by atoms with E-state index in [4.69, 9.17) is 4.74 Å². The van der Waals surface area contributed by atoms with Crippen molar-refractivity contribution in [2.24, 2.45) is 0 Å². The highest BCUT2D eigenvalue weighted by atomic mass is 19.3. The number of ketones is 1. The third kappa shape index (κ3) is 3.12. The molecule has 5 rings (SSSR count). The highest BCUT2D eigenvalue weighted by Crippen LogP contribution is 2.46. The summed E-state index contributed by atoms with van der Waals surface area (Å²) < 4.78 is 41.2. The van der Waals surface area contributed by atoms with Crippen molar-refractivity contribution in [3.05, 3.63) is 77.9 Å². The average molecular weight is 409 g/mol. The number of Topliss-reactive ketones (excluding diaryl/α,β-unsaturated/α-hetero) is 1. The molecule has 3 aromatic rings. The number of halogens is 2. The highest BCUT2D eigenvalue weighted by Gasteiger charge is 2.46. The number of anilines is 1. The summed E-state index contributed by atoms with van der Waals surface area (Å²) in [7, 11) is 0. The van der Waals surface area contributed by atoms with E-state index in [1.807, 2.05) is 30.3 Å². The second kappa shape index (κ2) is 6.55. The Morgan fingerprint density at radius 1 is 0.867 bits per heavy atom. The van der Waals surface area contributed by atoms with Gasteiger partial charge >= 0.3 is 6.29 Å². The summed E-state index contributed by atoms with van der Waals surface area (Å²) in [6.45, 7) is 0.0826. The lowest BCUT2D eigenvalue weighted by Gasteiger charge is -2.17. The second-order valence-corrected chi connectivity index (χ2v) is 6.76. The van der Waals surface area contributed by atoms with Crippen LogP contribution in [-0.4, -0.2) is 18.0 Å². The monoisotopic (exact) mass is 409 g/mol. The first-order valence-corrected chi connectivity index (χ1v) is 9.01. The first kappa shape index (κ1) is 18.1. The first-order chi connectivity index (χ1) is 14.4. The molecule has 0 unspecified atom stereocenters. The molecule has 30 heavy (non-hydrogen) atoms. The van der Waals surface area contributed by atoms with Crippen molar-refractivity contribution >= 4 is 17.4 Å². The molecule has 3 aromatic carbocycles. The topological polar surface area (TPSA) is 65.1 Å². The number of ether oxygens (including phenoxy) is 3. The van der Waals surface area contributed by atoms with Gasteiger partial charge in [0, 0.05) is 6.07 Å².